The Hall–Kier alpha value is -3.29. The summed E-state index contributed by atoms with van der Waals surface area (Å²) in [6.45, 7) is 0.635. The van der Waals surface area contributed by atoms with E-state index in [1.54, 1.807) is 0 Å². The van der Waals surface area contributed by atoms with Crippen LogP contribution in [-0.4, -0.2) is 74.6 Å². The zero-order valence-electron chi connectivity index (χ0n) is 19.3. The Kier molecular flexibility index (Phi) is 7.02. The number of hydrogen-bond donors (Lipinski definition) is 1. The molecule has 2 aromatic rings. The maximum Gasteiger partial charge on any atom is 0.346 e. The second kappa shape index (κ2) is 8.92. The predicted molar refractivity (Wildman–Crippen MR) is 119 cm³/mol. The van der Waals surface area contributed by atoms with Gasteiger partial charge in [0.15, 0.2) is 10.6 Å². The highest BCUT2D eigenvalue weighted by Gasteiger charge is 2.32. The van der Waals surface area contributed by atoms with Crippen molar-refractivity contribution in [3.63, 3.8) is 0 Å². The van der Waals surface area contributed by atoms with Gasteiger partial charge in [-0.2, -0.15) is 8.42 Å². The number of aromatic hydroxyl groups is 1. The second-order valence-corrected chi connectivity index (χ2v) is 11.2. The van der Waals surface area contributed by atoms with Crippen molar-refractivity contribution < 1.29 is 36.5 Å². The van der Waals surface area contributed by atoms with Crippen LogP contribution < -0.4 is 4.18 Å². The lowest BCUT2D eigenvalue weighted by molar-refractivity contribution is -0.884. The molecule has 0 saturated heterocycles. The fourth-order valence-electron chi connectivity index (χ4n) is 3.14. The van der Waals surface area contributed by atoms with Gasteiger partial charge < -0.3 is 18.3 Å². The Labute approximate surface area is 191 Å². The summed E-state index contributed by atoms with van der Waals surface area (Å²) in [6, 6.07) is 5.03. The Morgan fingerprint density at radius 2 is 1.42 bits per heavy atom. The monoisotopic (exact) mass is 484 g/mol. The lowest BCUT2D eigenvalue weighted by atomic mass is 10.1. The summed E-state index contributed by atoms with van der Waals surface area (Å²) in [4.78, 5) is 19.7. The van der Waals surface area contributed by atoms with Gasteiger partial charge in [-0.05, 0) is 18.2 Å². The van der Waals surface area contributed by atoms with E-state index in [1.807, 2.05) is 42.3 Å². The molecule has 0 aliphatic heterocycles. The van der Waals surface area contributed by atoms with Crippen molar-refractivity contribution in [2.75, 3.05) is 42.3 Å². The van der Waals surface area contributed by atoms with E-state index >= 15 is 0 Å². The minimum Gasteiger partial charge on any atom is -0.507 e. The molecule has 0 heterocycles. The van der Waals surface area contributed by atoms with Gasteiger partial charge in [0.25, 0.3) is 11.4 Å². The molecule has 180 valence electrons. The van der Waals surface area contributed by atoms with Crippen LogP contribution in [0.4, 0.5) is 11.4 Å². The molecule has 1 N–H and O–H groups in total. The molecule has 0 saturated carbocycles. The van der Waals surface area contributed by atoms with Crippen LogP contribution >= 0.6 is 0 Å². The van der Waals surface area contributed by atoms with Gasteiger partial charge in [0.05, 0.1) is 69.3 Å². The van der Waals surface area contributed by atoms with E-state index in [-0.39, 0.29) is 18.0 Å². The number of phenolic OH excluding ortho intramolecular Hbond substituents is 1. The van der Waals surface area contributed by atoms with Crippen LogP contribution in [0.3, 0.4) is 0 Å². The van der Waals surface area contributed by atoms with E-state index in [9.17, 15) is 33.8 Å². The van der Waals surface area contributed by atoms with Crippen LogP contribution in [0.2, 0.25) is 0 Å². The molecule has 0 fully saturated rings. The van der Waals surface area contributed by atoms with E-state index in [0.29, 0.717) is 32.7 Å². The summed E-state index contributed by atoms with van der Waals surface area (Å²) in [7, 11) is 6.49. The average Bonchev–Trinajstić information content (AvgIpc) is 2.62. The number of non-ortho nitro benzene ring substituents is 1. The van der Waals surface area contributed by atoms with Gasteiger partial charge in [-0.15, -0.1) is 0 Å². The number of rotatable bonds is 9. The molecule has 0 aromatic heterocycles. The van der Waals surface area contributed by atoms with Gasteiger partial charge >= 0.3 is 10.1 Å². The molecule has 0 unspecified atom stereocenters. The third-order valence-corrected chi connectivity index (χ3v) is 5.65. The smallest absolute Gasteiger partial charge is 0.346 e. The molecule has 13 heteroatoms. The Morgan fingerprint density at radius 3 is 1.91 bits per heavy atom. The van der Waals surface area contributed by atoms with Gasteiger partial charge in [-0.25, -0.2) is 0 Å². The number of nitrogens with zero attached hydrogens (tertiary/aromatic N) is 4. The Morgan fingerprint density at radius 1 is 0.879 bits per heavy atom. The normalized spacial score (nSPS) is 12.4. The van der Waals surface area contributed by atoms with Crippen molar-refractivity contribution in [2.45, 2.75) is 18.0 Å². The quantitative estimate of drug-likeness (QED) is 0.247. The Balaban J connectivity index is 2.65. The number of nitro groups is 2. The van der Waals surface area contributed by atoms with E-state index in [4.69, 9.17) is 4.18 Å². The molecule has 0 aliphatic rings. The van der Waals surface area contributed by atoms with Gasteiger partial charge in [-0.3, -0.25) is 20.2 Å². The standard InChI is InChI=1S/C20H27N4O8S/c1-23(2,3)12-14-10-19(15(9-18(14)25)13-24(4,5)6)32-33(30,31)20-8-7-16(21(26)27)11-17(20)22(28)29/h7-11H,12-13H2,1-6H3/q+1/p+1. The average molecular weight is 485 g/mol. The molecule has 0 amide bonds. The van der Waals surface area contributed by atoms with Crippen LogP contribution in [0.25, 0.3) is 0 Å². The van der Waals surface area contributed by atoms with Crippen LogP contribution in [0.15, 0.2) is 35.2 Å². The first-order chi connectivity index (χ1) is 14.9. The minimum absolute atomic E-state index is 0.0300. The molecule has 0 aliphatic carbocycles. The molecular weight excluding hydrogens is 456 g/mol. The third kappa shape index (κ3) is 6.84. The predicted octanol–water partition coefficient (Wildman–Crippen LogP) is 2.39. The summed E-state index contributed by atoms with van der Waals surface area (Å²) < 4.78 is 32.2. The molecule has 2 rings (SSSR count). The van der Waals surface area contributed by atoms with Crippen LogP contribution in [-0.2, 0) is 23.2 Å². The Bertz CT molecular complexity index is 1200. The van der Waals surface area contributed by atoms with Crippen LogP contribution in [0, 0.1) is 20.2 Å². The number of nitro benzene ring substituents is 2. The fraction of sp³-hybridized carbons (Fsp3) is 0.400. The topological polar surface area (TPSA) is 150 Å². The number of benzene rings is 2. The lowest BCUT2D eigenvalue weighted by Gasteiger charge is -2.27. The highest BCUT2D eigenvalue weighted by atomic mass is 32.2. The number of quaternary nitrogens is 2. The minimum atomic E-state index is -4.74. The first kappa shape index (κ1) is 26.0. The van der Waals surface area contributed by atoms with Gasteiger partial charge in [-0.1, -0.05) is 0 Å². The largest absolute Gasteiger partial charge is 0.507 e. The SMILES string of the molecule is C[N+](C)(C)Cc1cc(OS(=O)(=O)c2ccc([N+](=O)[O-])cc2[N+](=O)[O-])c(C[N+](C)(C)C)cc1O. The molecule has 0 spiro atoms. The molecular formula is C20H28N4O8S+2. The highest BCUT2D eigenvalue weighted by molar-refractivity contribution is 7.87. The van der Waals surface area contributed by atoms with Gasteiger partial charge in [0, 0.05) is 6.07 Å². The zero-order chi connectivity index (χ0) is 25.4. The van der Waals surface area contributed by atoms with Gasteiger partial charge in [0.2, 0.25) is 0 Å². The summed E-state index contributed by atoms with van der Waals surface area (Å²) in [5, 5.41) is 32.9. The summed E-state index contributed by atoms with van der Waals surface area (Å²) in [6.07, 6.45) is 0. The first-order valence-corrected chi connectivity index (χ1v) is 11.1. The van der Waals surface area contributed by atoms with Crippen molar-refractivity contribution in [3.05, 3.63) is 61.7 Å². The zero-order valence-corrected chi connectivity index (χ0v) is 20.1. The van der Waals surface area contributed by atoms with Crippen molar-refractivity contribution in [3.8, 4) is 11.5 Å². The molecule has 33 heavy (non-hydrogen) atoms. The molecule has 0 bridgehead atoms. The van der Waals surface area contributed by atoms with E-state index in [2.05, 4.69) is 0 Å². The van der Waals surface area contributed by atoms with Crippen molar-refractivity contribution in [1.82, 2.24) is 0 Å². The van der Waals surface area contributed by atoms with E-state index in [1.165, 1.54) is 12.1 Å². The third-order valence-electron chi connectivity index (χ3n) is 4.37. The molecule has 0 atom stereocenters. The van der Waals surface area contributed by atoms with Crippen molar-refractivity contribution >= 4 is 21.5 Å². The molecule has 2 aromatic carbocycles. The number of hydrogen-bond acceptors (Lipinski definition) is 8. The van der Waals surface area contributed by atoms with Crippen LogP contribution in [0.1, 0.15) is 11.1 Å². The summed E-state index contributed by atoms with van der Waals surface area (Å²) in [5.74, 6) is -0.116. The lowest BCUT2D eigenvalue weighted by Crippen LogP contribution is -2.34. The summed E-state index contributed by atoms with van der Waals surface area (Å²) >= 11 is 0. The molecule has 0 radical (unpaired) electrons. The first-order valence-electron chi connectivity index (χ1n) is 9.72. The van der Waals surface area contributed by atoms with Crippen molar-refractivity contribution in [1.29, 1.82) is 0 Å². The van der Waals surface area contributed by atoms with Crippen LogP contribution in [0.5, 0.6) is 11.5 Å². The maximum atomic E-state index is 13.0. The number of phenols is 1. The fourth-order valence-corrected chi connectivity index (χ4v) is 4.25. The molecule has 12 nitrogen and oxygen atoms in total. The summed E-state index contributed by atoms with van der Waals surface area (Å²) in [5.41, 5.74) is -0.793. The highest BCUT2D eigenvalue weighted by Crippen LogP contribution is 2.35. The second-order valence-electron chi connectivity index (χ2n) is 9.69. The van der Waals surface area contributed by atoms with E-state index in [0.717, 1.165) is 12.1 Å². The van der Waals surface area contributed by atoms with Gasteiger partial charge in [0.1, 0.15) is 18.8 Å². The van der Waals surface area contributed by atoms with Crippen molar-refractivity contribution in [2.24, 2.45) is 0 Å². The van der Waals surface area contributed by atoms with E-state index < -0.39 is 36.2 Å². The maximum absolute atomic E-state index is 13.0.